The maximum atomic E-state index is 13.1. The second kappa shape index (κ2) is 6.04. The van der Waals surface area contributed by atoms with Crippen LogP contribution in [0.15, 0.2) is 41.6 Å². The van der Waals surface area contributed by atoms with Crippen molar-refractivity contribution in [2.45, 2.75) is 10.8 Å². The van der Waals surface area contributed by atoms with E-state index in [1.807, 2.05) is 0 Å². The third-order valence-corrected chi connectivity index (χ3v) is 3.80. The number of carbonyl (C=O) groups is 1. The predicted octanol–water partition coefficient (Wildman–Crippen LogP) is 3.86. The van der Waals surface area contributed by atoms with Crippen molar-refractivity contribution in [2.75, 3.05) is 0 Å². The average Bonchev–Trinajstić information content (AvgIpc) is 2.40. The molecule has 19 heavy (non-hydrogen) atoms. The minimum Gasteiger partial charge on any atom is -0.478 e. The zero-order valence-corrected chi connectivity index (χ0v) is 11.2. The Kier molecular flexibility index (Phi) is 4.39. The Hall–Kier alpha value is -1.59. The number of aromatic nitrogens is 1. The van der Waals surface area contributed by atoms with E-state index in [0.717, 1.165) is 0 Å². The maximum absolute atomic E-state index is 13.1. The Morgan fingerprint density at radius 2 is 2.21 bits per heavy atom. The first-order chi connectivity index (χ1) is 9.08. The van der Waals surface area contributed by atoms with Crippen LogP contribution in [-0.2, 0) is 5.75 Å². The van der Waals surface area contributed by atoms with Crippen molar-refractivity contribution < 1.29 is 14.3 Å². The number of rotatable bonds is 4. The lowest BCUT2D eigenvalue weighted by atomic mass is 10.2. The maximum Gasteiger partial charge on any atom is 0.338 e. The van der Waals surface area contributed by atoms with Gasteiger partial charge >= 0.3 is 5.97 Å². The molecule has 0 aliphatic rings. The molecule has 0 aliphatic carbocycles. The van der Waals surface area contributed by atoms with E-state index in [4.69, 9.17) is 16.7 Å². The van der Waals surface area contributed by atoms with Gasteiger partial charge in [-0.25, -0.2) is 14.2 Å². The highest BCUT2D eigenvalue weighted by Crippen LogP contribution is 2.28. The number of carboxylic acid groups (broad SMARTS) is 1. The van der Waals surface area contributed by atoms with Crippen molar-refractivity contribution in [1.82, 2.24) is 4.98 Å². The van der Waals surface area contributed by atoms with Gasteiger partial charge in [-0.15, -0.1) is 11.8 Å². The summed E-state index contributed by atoms with van der Waals surface area (Å²) in [5.74, 6) is -1.06. The fourth-order valence-corrected chi connectivity index (χ4v) is 2.71. The van der Waals surface area contributed by atoms with E-state index in [2.05, 4.69) is 4.98 Å². The molecule has 1 aromatic heterocycles. The Balaban J connectivity index is 2.19. The molecule has 1 heterocycles. The molecule has 0 amide bonds. The van der Waals surface area contributed by atoms with Crippen molar-refractivity contribution in [3.05, 3.63) is 58.5 Å². The summed E-state index contributed by atoms with van der Waals surface area (Å²) in [5, 5.41) is 9.85. The van der Waals surface area contributed by atoms with Gasteiger partial charge in [-0.1, -0.05) is 11.6 Å². The lowest BCUT2D eigenvalue weighted by Gasteiger charge is -2.06. The molecule has 1 N–H and O–H groups in total. The third kappa shape index (κ3) is 3.45. The molecule has 0 saturated carbocycles. The van der Waals surface area contributed by atoms with Crippen molar-refractivity contribution in [2.24, 2.45) is 0 Å². The zero-order valence-electron chi connectivity index (χ0n) is 9.64. The van der Waals surface area contributed by atoms with Crippen molar-refractivity contribution in [3.8, 4) is 0 Å². The van der Waals surface area contributed by atoms with Gasteiger partial charge in [0.1, 0.15) is 10.8 Å². The largest absolute Gasteiger partial charge is 0.478 e. The Labute approximate surface area is 118 Å². The van der Waals surface area contributed by atoms with Gasteiger partial charge in [-0.3, -0.25) is 0 Å². The second-order valence-electron chi connectivity index (χ2n) is 3.69. The smallest absolute Gasteiger partial charge is 0.338 e. The highest BCUT2D eigenvalue weighted by atomic mass is 35.5. The van der Waals surface area contributed by atoms with Crippen LogP contribution in [0.25, 0.3) is 0 Å². The molecule has 0 radical (unpaired) electrons. The summed E-state index contributed by atoms with van der Waals surface area (Å²) < 4.78 is 13.1. The van der Waals surface area contributed by atoms with Crippen LogP contribution in [-0.4, -0.2) is 16.1 Å². The van der Waals surface area contributed by atoms with Crippen LogP contribution in [0.4, 0.5) is 4.39 Å². The predicted molar refractivity (Wildman–Crippen MR) is 72.2 cm³/mol. The summed E-state index contributed by atoms with van der Waals surface area (Å²) >= 11 is 7.16. The van der Waals surface area contributed by atoms with Crippen LogP contribution in [0, 0.1) is 5.82 Å². The molecule has 2 aromatic rings. The van der Waals surface area contributed by atoms with Crippen LogP contribution in [0.5, 0.6) is 0 Å². The highest BCUT2D eigenvalue weighted by Gasteiger charge is 2.12. The fraction of sp³-hybridized carbons (Fsp3) is 0.0769. The first-order valence-electron chi connectivity index (χ1n) is 5.33. The van der Waals surface area contributed by atoms with Gasteiger partial charge in [-0.05, 0) is 35.9 Å². The van der Waals surface area contributed by atoms with Gasteiger partial charge in [0.15, 0.2) is 0 Å². The average molecular weight is 298 g/mol. The lowest BCUT2D eigenvalue weighted by molar-refractivity contribution is 0.0692. The summed E-state index contributed by atoms with van der Waals surface area (Å²) in [6, 6.07) is 7.12. The van der Waals surface area contributed by atoms with E-state index in [1.165, 1.54) is 42.2 Å². The van der Waals surface area contributed by atoms with Gasteiger partial charge in [0.05, 0.1) is 5.56 Å². The van der Waals surface area contributed by atoms with Crippen LogP contribution >= 0.6 is 23.4 Å². The minimum absolute atomic E-state index is 0.125. The highest BCUT2D eigenvalue weighted by molar-refractivity contribution is 7.98. The number of pyridine rings is 1. The third-order valence-electron chi connectivity index (χ3n) is 2.37. The number of thioether (sulfide) groups is 1. The van der Waals surface area contributed by atoms with E-state index in [9.17, 15) is 9.18 Å². The Morgan fingerprint density at radius 1 is 1.42 bits per heavy atom. The first kappa shape index (κ1) is 13.8. The number of nitrogens with zero attached hydrogens (tertiary/aromatic N) is 1. The topological polar surface area (TPSA) is 50.2 Å². The van der Waals surface area contributed by atoms with Crippen LogP contribution in [0.1, 0.15) is 15.9 Å². The SMILES string of the molecule is O=C(O)c1cccnc1SCc1cc(F)ccc1Cl. The number of hydrogen-bond acceptors (Lipinski definition) is 3. The number of benzene rings is 1. The lowest BCUT2D eigenvalue weighted by Crippen LogP contribution is -2.00. The van der Waals surface area contributed by atoms with Gasteiger partial charge in [0, 0.05) is 17.0 Å². The van der Waals surface area contributed by atoms with Crippen molar-refractivity contribution in [3.63, 3.8) is 0 Å². The van der Waals surface area contributed by atoms with E-state index in [-0.39, 0.29) is 11.4 Å². The van der Waals surface area contributed by atoms with E-state index < -0.39 is 5.97 Å². The normalized spacial score (nSPS) is 10.4. The monoisotopic (exact) mass is 297 g/mol. The summed E-state index contributed by atoms with van der Waals surface area (Å²) in [4.78, 5) is 15.0. The fourth-order valence-electron chi connectivity index (χ4n) is 1.47. The van der Waals surface area contributed by atoms with Gasteiger partial charge in [-0.2, -0.15) is 0 Å². The number of aromatic carboxylic acids is 1. The molecule has 0 aliphatic heterocycles. The molecule has 0 bridgehead atoms. The van der Waals surface area contributed by atoms with Crippen LogP contribution in [0.3, 0.4) is 0 Å². The summed E-state index contributed by atoms with van der Waals surface area (Å²) in [6.45, 7) is 0. The molecule has 2 rings (SSSR count). The molecule has 0 unspecified atom stereocenters. The zero-order chi connectivity index (χ0) is 13.8. The summed E-state index contributed by atoms with van der Waals surface area (Å²) in [5.41, 5.74) is 0.730. The number of halogens is 2. The molecular weight excluding hydrogens is 289 g/mol. The molecular formula is C13H9ClFNO2S. The first-order valence-corrected chi connectivity index (χ1v) is 6.69. The quantitative estimate of drug-likeness (QED) is 0.871. The van der Waals surface area contributed by atoms with E-state index >= 15 is 0 Å². The number of carboxylic acids is 1. The van der Waals surface area contributed by atoms with Crippen molar-refractivity contribution in [1.29, 1.82) is 0 Å². The van der Waals surface area contributed by atoms with Crippen LogP contribution < -0.4 is 0 Å². The van der Waals surface area contributed by atoms with Gasteiger partial charge in [0.25, 0.3) is 0 Å². The molecule has 0 fully saturated rings. The van der Waals surface area contributed by atoms with E-state index in [0.29, 0.717) is 21.4 Å². The summed E-state index contributed by atoms with van der Waals surface area (Å²) in [6.07, 6.45) is 1.52. The van der Waals surface area contributed by atoms with Gasteiger partial charge < -0.3 is 5.11 Å². The molecule has 6 heteroatoms. The van der Waals surface area contributed by atoms with Crippen molar-refractivity contribution >= 4 is 29.3 Å². The summed E-state index contributed by atoms with van der Waals surface area (Å²) in [7, 11) is 0. The standard InChI is InChI=1S/C13H9ClFNO2S/c14-11-4-3-9(15)6-8(11)7-19-12-10(13(17)18)2-1-5-16-12/h1-6H,7H2,(H,17,18). The second-order valence-corrected chi connectivity index (χ2v) is 5.06. The van der Waals surface area contributed by atoms with Crippen LogP contribution in [0.2, 0.25) is 5.02 Å². The molecule has 3 nitrogen and oxygen atoms in total. The Bertz CT molecular complexity index is 621. The molecule has 1 aromatic carbocycles. The molecule has 0 spiro atoms. The molecule has 98 valence electrons. The molecule has 0 atom stereocenters. The molecule has 0 saturated heterocycles. The number of hydrogen-bond donors (Lipinski definition) is 1. The van der Waals surface area contributed by atoms with Gasteiger partial charge in [0.2, 0.25) is 0 Å². The van der Waals surface area contributed by atoms with E-state index in [1.54, 1.807) is 6.07 Å². The Morgan fingerprint density at radius 3 is 2.95 bits per heavy atom. The minimum atomic E-state index is -1.04.